The quantitative estimate of drug-likeness (QED) is 0.850. The molecule has 0 aliphatic carbocycles. The molecule has 1 aromatic heterocycles. The summed E-state index contributed by atoms with van der Waals surface area (Å²) >= 11 is 0. The fraction of sp³-hybridized carbons (Fsp3) is 0.692. The van der Waals surface area contributed by atoms with Gasteiger partial charge in [-0.3, -0.25) is 0 Å². The lowest BCUT2D eigenvalue weighted by Crippen LogP contribution is -2.30. The van der Waals surface area contributed by atoms with Crippen molar-refractivity contribution in [3.05, 3.63) is 12.3 Å². The first kappa shape index (κ1) is 13.1. The molecule has 1 saturated heterocycles. The van der Waals surface area contributed by atoms with Crippen LogP contribution in [0.3, 0.4) is 0 Å². The van der Waals surface area contributed by atoms with Gasteiger partial charge in [-0.2, -0.15) is 4.98 Å². The van der Waals surface area contributed by atoms with E-state index in [0.29, 0.717) is 12.0 Å². The Balaban J connectivity index is 2.08. The molecule has 1 fully saturated rings. The molecule has 1 aliphatic heterocycles. The summed E-state index contributed by atoms with van der Waals surface area (Å²) in [4.78, 5) is 11.2. The molecule has 0 bridgehead atoms. The Hall–Kier alpha value is -1.36. The summed E-state index contributed by atoms with van der Waals surface area (Å²) < 4.78 is 0. The zero-order valence-corrected chi connectivity index (χ0v) is 11.7. The van der Waals surface area contributed by atoms with Gasteiger partial charge in [-0.25, -0.2) is 4.98 Å². The molecule has 5 nitrogen and oxygen atoms in total. The van der Waals surface area contributed by atoms with Gasteiger partial charge >= 0.3 is 0 Å². The van der Waals surface area contributed by atoms with Crippen LogP contribution >= 0.6 is 0 Å². The molecule has 0 amide bonds. The number of rotatable bonds is 3. The second kappa shape index (κ2) is 5.10. The van der Waals surface area contributed by atoms with Crippen LogP contribution in [-0.4, -0.2) is 41.7 Å². The fourth-order valence-corrected chi connectivity index (χ4v) is 2.12. The van der Waals surface area contributed by atoms with Crippen LogP contribution in [0.2, 0.25) is 0 Å². The topological polar surface area (TPSA) is 53.1 Å². The van der Waals surface area contributed by atoms with Crippen molar-refractivity contribution < 1.29 is 0 Å². The number of nitrogens with one attached hydrogen (secondary N) is 2. The van der Waals surface area contributed by atoms with Gasteiger partial charge in [0.1, 0.15) is 5.82 Å². The lowest BCUT2D eigenvalue weighted by atomic mass is 10.1. The molecule has 1 unspecified atom stereocenters. The Bertz CT molecular complexity index is 399. The summed E-state index contributed by atoms with van der Waals surface area (Å²) in [6.45, 7) is 8.39. The number of anilines is 2. The Morgan fingerprint density at radius 2 is 2.17 bits per heavy atom. The normalized spacial score (nSPS) is 20.2. The molecule has 1 aromatic rings. The van der Waals surface area contributed by atoms with Crippen molar-refractivity contribution in [2.75, 3.05) is 30.4 Å². The molecular weight excluding hydrogens is 226 g/mol. The smallest absolute Gasteiger partial charge is 0.225 e. The minimum atomic E-state index is -0.0167. The van der Waals surface area contributed by atoms with Gasteiger partial charge in [-0.15, -0.1) is 0 Å². The van der Waals surface area contributed by atoms with Crippen molar-refractivity contribution in [2.24, 2.45) is 0 Å². The first-order chi connectivity index (χ1) is 8.48. The van der Waals surface area contributed by atoms with Crippen LogP contribution in [0.4, 0.5) is 11.8 Å². The molecule has 0 radical (unpaired) electrons. The van der Waals surface area contributed by atoms with E-state index in [1.165, 1.54) is 6.42 Å². The lowest BCUT2D eigenvalue weighted by Gasteiger charge is -2.22. The fourth-order valence-electron chi connectivity index (χ4n) is 2.12. The Kier molecular flexibility index (Phi) is 3.71. The molecule has 2 rings (SSSR count). The van der Waals surface area contributed by atoms with E-state index in [2.05, 4.69) is 46.3 Å². The van der Waals surface area contributed by atoms with E-state index in [1.54, 1.807) is 0 Å². The first-order valence-electron chi connectivity index (χ1n) is 6.51. The van der Waals surface area contributed by atoms with E-state index in [9.17, 15) is 0 Å². The molecular formula is C13H23N5. The van der Waals surface area contributed by atoms with Crippen LogP contribution in [0.25, 0.3) is 0 Å². The summed E-state index contributed by atoms with van der Waals surface area (Å²) in [7, 11) is 2.01. The highest BCUT2D eigenvalue weighted by molar-refractivity contribution is 5.44. The van der Waals surface area contributed by atoms with Crippen LogP contribution < -0.4 is 15.5 Å². The molecule has 1 atom stereocenters. The van der Waals surface area contributed by atoms with Crippen molar-refractivity contribution in [3.8, 4) is 0 Å². The number of hydrogen-bond acceptors (Lipinski definition) is 5. The highest BCUT2D eigenvalue weighted by Gasteiger charge is 2.22. The number of hydrogen-bond donors (Lipinski definition) is 2. The Morgan fingerprint density at radius 3 is 2.78 bits per heavy atom. The molecule has 0 aromatic carbocycles. The van der Waals surface area contributed by atoms with Gasteiger partial charge in [0.05, 0.1) is 0 Å². The minimum Gasteiger partial charge on any atom is -0.355 e. The van der Waals surface area contributed by atoms with Crippen LogP contribution in [0.1, 0.15) is 27.2 Å². The van der Waals surface area contributed by atoms with Crippen molar-refractivity contribution in [1.82, 2.24) is 15.3 Å². The van der Waals surface area contributed by atoms with Crippen molar-refractivity contribution in [2.45, 2.75) is 38.8 Å². The van der Waals surface area contributed by atoms with Gasteiger partial charge < -0.3 is 15.5 Å². The van der Waals surface area contributed by atoms with Crippen molar-refractivity contribution in [1.29, 1.82) is 0 Å². The van der Waals surface area contributed by atoms with Crippen LogP contribution in [0.15, 0.2) is 12.3 Å². The molecule has 100 valence electrons. The van der Waals surface area contributed by atoms with Crippen LogP contribution in [0, 0.1) is 0 Å². The second-order valence-corrected chi connectivity index (χ2v) is 5.83. The SMILES string of the molecule is CNC1CCN(c2ccnc(NC(C)(C)C)n2)C1. The zero-order chi connectivity index (χ0) is 13.2. The summed E-state index contributed by atoms with van der Waals surface area (Å²) in [6, 6.07) is 2.55. The van der Waals surface area contributed by atoms with E-state index in [0.717, 1.165) is 18.9 Å². The number of likely N-dealkylation sites (N-methyl/N-ethyl adjacent to an activating group) is 1. The summed E-state index contributed by atoms with van der Waals surface area (Å²) in [5, 5.41) is 6.62. The van der Waals surface area contributed by atoms with Gasteiger partial charge in [-0.1, -0.05) is 0 Å². The predicted molar refractivity (Wildman–Crippen MR) is 75.1 cm³/mol. The maximum Gasteiger partial charge on any atom is 0.225 e. The van der Waals surface area contributed by atoms with E-state index >= 15 is 0 Å². The summed E-state index contributed by atoms with van der Waals surface area (Å²) in [5.74, 6) is 1.71. The standard InChI is InChI=1S/C13H23N5/c1-13(2,3)17-12-15-7-5-11(16-12)18-8-6-10(9-18)14-4/h5,7,10,14H,6,8-9H2,1-4H3,(H,15,16,17). The van der Waals surface area contributed by atoms with Gasteiger partial charge in [0.25, 0.3) is 0 Å². The lowest BCUT2D eigenvalue weighted by molar-refractivity contribution is 0.616. The van der Waals surface area contributed by atoms with E-state index in [1.807, 2.05) is 19.3 Å². The maximum absolute atomic E-state index is 4.58. The third-order valence-corrected chi connectivity index (χ3v) is 3.05. The Labute approximate surface area is 109 Å². The van der Waals surface area contributed by atoms with Gasteiger partial charge in [0, 0.05) is 30.9 Å². The van der Waals surface area contributed by atoms with E-state index < -0.39 is 0 Å². The van der Waals surface area contributed by atoms with Gasteiger partial charge in [-0.05, 0) is 40.3 Å². The molecule has 0 spiro atoms. The first-order valence-corrected chi connectivity index (χ1v) is 6.51. The highest BCUT2D eigenvalue weighted by atomic mass is 15.3. The number of nitrogens with zero attached hydrogens (tertiary/aromatic N) is 3. The molecule has 1 aliphatic rings. The molecule has 2 N–H and O–H groups in total. The summed E-state index contributed by atoms with van der Waals surface area (Å²) in [5.41, 5.74) is -0.0167. The zero-order valence-electron chi connectivity index (χ0n) is 11.7. The largest absolute Gasteiger partial charge is 0.355 e. The molecule has 2 heterocycles. The van der Waals surface area contributed by atoms with E-state index in [-0.39, 0.29) is 5.54 Å². The predicted octanol–water partition coefficient (Wildman–Crippen LogP) is 1.49. The third kappa shape index (κ3) is 3.32. The Morgan fingerprint density at radius 1 is 1.39 bits per heavy atom. The van der Waals surface area contributed by atoms with Crippen molar-refractivity contribution >= 4 is 11.8 Å². The van der Waals surface area contributed by atoms with Gasteiger partial charge in [0.15, 0.2) is 0 Å². The molecule has 0 saturated carbocycles. The average molecular weight is 249 g/mol. The molecule has 5 heteroatoms. The highest BCUT2D eigenvalue weighted by Crippen LogP contribution is 2.19. The van der Waals surface area contributed by atoms with Crippen molar-refractivity contribution in [3.63, 3.8) is 0 Å². The average Bonchev–Trinajstić information content (AvgIpc) is 2.75. The monoisotopic (exact) mass is 249 g/mol. The van der Waals surface area contributed by atoms with Crippen LogP contribution in [-0.2, 0) is 0 Å². The summed E-state index contributed by atoms with van der Waals surface area (Å²) in [6.07, 6.45) is 2.99. The number of aromatic nitrogens is 2. The molecule has 18 heavy (non-hydrogen) atoms. The maximum atomic E-state index is 4.58. The van der Waals surface area contributed by atoms with E-state index in [4.69, 9.17) is 0 Å². The third-order valence-electron chi connectivity index (χ3n) is 3.05. The van der Waals surface area contributed by atoms with Gasteiger partial charge in [0.2, 0.25) is 5.95 Å². The van der Waals surface area contributed by atoms with Crippen LogP contribution in [0.5, 0.6) is 0 Å². The second-order valence-electron chi connectivity index (χ2n) is 5.83. The minimum absolute atomic E-state index is 0.0167.